The Kier molecular flexibility index (Phi) is 5.27. The summed E-state index contributed by atoms with van der Waals surface area (Å²) in [6.45, 7) is 17.1. The minimum atomic E-state index is 0.753. The van der Waals surface area contributed by atoms with Crippen molar-refractivity contribution in [1.82, 2.24) is 14.7 Å². The summed E-state index contributed by atoms with van der Waals surface area (Å²) in [5.41, 5.74) is 0. The summed E-state index contributed by atoms with van der Waals surface area (Å²) in [5, 5.41) is 0. The van der Waals surface area contributed by atoms with Gasteiger partial charge in [0.1, 0.15) is 0 Å². The van der Waals surface area contributed by atoms with Gasteiger partial charge >= 0.3 is 0 Å². The van der Waals surface area contributed by atoms with Crippen LogP contribution in [0.2, 0.25) is 0 Å². The number of likely N-dealkylation sites (tertiary alicyclic amines) is 1. The van der Waals surface area contributed by atoms with Gasteiger partial charge in [-0.05, 0) is 32.2 Å². The fourth-order valence-electron chi connectivity index (χ4n) is 3.79. The molecule has 2 aliphatic heterocycles. The van der Waals surface area contributed by atoms with Crippen molar-refractivity contribution in [3.05, 3.63) is 0 Å². The van der Waals surface area contributed by atoms with Crippen molar-refractivity contribution in [1.29, 1.82) is 0 Å². The predicted molar refractivity (Wildman–Crippen MR) is 82.5 cm³/mol. The first-order valence-electron chi connectivity index (χ1n) is 8.14. The largest absolute Gasteiger partial charge is 0.304 e. The Morgan fingerprint density at radius 2 is 1.68 bits per heavy atom. The van der Waals surface area contributed by atoms with Crippen molar-refractivity contribution in [3.8, 4) is 0 Å². The SMILES string of the molecule is CC(C)CN1C[C@@H](C)C(N2CCN(C)CC2)C[C@H]1C. The maximum absolute atomic E-state index is 2.76. The smallest absolute Gasteiger partial charge is 0.0149 e. The topological polar surface area (TPSA) is 9.72 Å². The number of hydrogen-bond acceptors (Lipinski definition) is 3. The van der Waals surface area contributed by atoms with Crippen molar-refractivity contribution in [2.45, 2.75) is 46.2 Å². The molecule has 0 radical (unpaired) electrons. The van der Waals surface area contributed by atoms with E-state index in [1.807, 2.05) is 0 Å². The van der Waals surface area contributed by atoms with Crippen LogP contribution < -0.4 is 0 Å². The number of likely N-dealkylation sites (N-methyl/N-ethyl adjacent to an activating group) is 1. The van der Waals surface area contributed by atoms with Crippen LogP contribution in [-0.4, -0.2) is 73.1 Å². The minimum absolute atomic E-state index is 0.753. The van der Waals surface area contributed by atoms with Crippen LogP contribution in [0.4, 0.5) is 0 Å². The monoisotopic (exact) mass is 267 g/mol. The zero-order valence-electron chi connectivity index (χ0n) is 13.6. The van der Waals surface area contributed by atoms with Crippen LogP contribution in [-0.2, 0) is 0 Å². The van der Waals surface area contributed by atoms with Crippen LogP contribution in [0.25, 0.3) is 0 Å². The molecule has 0 aliphatic carbocycles. The summed E-state index contributed by atoms with van der Waals surface area (Å²) < 4.78 is 0. The molecule has 2 heterocycles. The average Bonchev–Trinajstić information content (AvgIpc) is 2.34. The third-order valence-corrected chi connectivity index (χ3v) is 4.99. The first kappa shape index (κ1) is 15.3. The molecule has 2 aliphatic rings. The van der Waals surface area contributed by atoms with Crippen LogP contribution in [0.15, 0.2) is 0 Å². The van der Waals surface area contributed by atoms with Crippen LogP contribution in [0, 0.1) is 11.8 Å². The highest BCUT2D eigenvalue weighted by Crippen LogP contribution is 2.27. The lowest BCUT2D eigenvalue weighted by atomic mass is 9.87. The molecule has 0 bridgehead atoms. The van der Waals surface area contributed by atoms with E-state index in [0.29, 0.717) is 0 Å². The van der Waals surface area contributed by atoms with Crippen molar-refractivity contribution in [2.24, 2.45) is 11.8 Å². The van der Waals surface area contributed by atoms with Gasteiger partial charge in [-0.3, -0.25) is 4.90 Å². The predicted octanol–water partition coefficient (Wildman–Crippen LogP) is 1.99. The van der Waals surface area contributed by atoms with Gasteiger partial charge < -0.3 is 9.80 Å². The number of piperazine rings is 1. The highest BCUT2D eigenvalue weighted by atomic mass is 15.3. The van der Waals surface area contributed by atoms with Gasteiger partial charge in [0.2, 0.25) is 0 Å². The van der Waals surface area contributed by atoms with E-state index >= 15 is 0 Å². The number of rotatable bonds is 3. The Labute approximate surface area is 119 Å². The molecule has 0 aromatic carbocycles. The van der Waals surface area contributed by atoms with Gasteiger partial charge in [-0.2, -0.15) is 0 Å². The number of hydrogen-bond donors (Lipinski definition) is 0. The maximum atomic E-state index is 2.76. The molecule has 3 heteroatoms. The first-order chi connectivity index (χ1) is 8.97. The van der Waals surface area contributed by atoms with Gasteiger partial charge in [0.15, 0.2) is 0 Å². The van der Waals surface area contributed by atoms with Crippen molar-refractivity contribution >= 4 is 0 Å². The van der Waals surface area contributed by atoms with Crippen LogP contribution in [0.5, 0.6) is 0 Å². The highest BCUT2D eigenvalue weighted by Gasteiger charge is 2.35. The Bertz CT molecular complexity index is 271. The van der Waals surface area contributed by atoms with Gasteiger partial charge in [0, 0.05) is 51.4 Å². The van der Waals surface area contributed by atoms with Crippen molar-refractivity contribution in [3.63, 3.8) is 0 Å². The number of piperidine rings is 1. The molecule has 2 saturated heterocycles. The molecular formula is C16H33N3. The summed E-state index contributed by atoms with van der Waals surface area (Å²) in [5.74, 6) is 1.60. The van der Waals surface area contributed by atoms with E-state index in [-0.39, 0.29) is 0 Å². The molecule has 3 atom stereocenters. The van der Waals surface area contributed by atoms with E-state index in [9.17, 15) is 0 Å². The fourth-order valence-corrected chi connectivity index (χ4v) is 3.79. The summed E-state index contributed by atoms with van der Waals surface area (Å²) in [7, 11) is 2.24. The molecule has 0 aromatic heterocycles. The van der Waals surface area contributed by atoms with E-state index in [0.717, 1.165) is 23.9 Å². The zero-order chi connectivity index (χ0) is 14.0. The Morgan fingerprint density at radius 3 is 2.26 bits per heavy atom. The lowest BCUT2D eigenvalue weighted by molar-refractivity contribution is 0.00753. The quantitative estimate of drug-likeness (QED) is 0.774. The van der Waals surface area contributed by atoms with Crippen LogP contribution >= 0.6 is 0 Å². The summed E-state index contributed by atoms with van der Waals surface area (Å²) >= 11 is 0. The van der Waals surface area contributed by atoms with Crippen LogP contribution in [0.3, 0.4) is 0 Å². The van der Waals surface area contributed by atoms with E-state index in [4.69, 9.17) is 0 Å². The van der Waals surface area contributed by atoms with Crippen molar-refractivity contribution in [2.75, 3.05) is 46.3 Å². The number of nitrogens with zero attached hydrogens (tertiary/aromatic N) is 3. The van der Waals surface area contributed by atoms with Crippen LogP contribution in [0.1, 0.15) is 34.1 Å². The minimum Gasteiger partial charge on any atom is -0.304 e. The molecule has 0 N–H and O–H groups in total. The first-order valence-corrected chi connectivity index (χ1v) is 8.14. The molecule has 2 fully saturated rings. The van der Waals surface area contributed by atoms with Gasteiger partial charge in [-0.1, -0.05) is 20.8 Å². The lowest BCUT2D eigenvalue weighted by Crippen LogP contribution is -2.58. The highest BCUT2D eigenvalue weighted by molar-refractivity contribution is 4.90. The van der Waals surface area contributed by atoms with Gasteiger partial charge in [-0.15, -0.1) is 0 Å². The summed E-state index contributed by atoms with van der Waals surface area (Å²) in [4.78, 5) is 7.92. The summed E-state index contributed by atoms with van der Waals surface area (Å²) in [6.07, 6.45) is 1.36. The van der Waals surface area contributed by atoms with E-state index in [1.165, 1.54) is 45.7 Å². The van der Waals surface area contributed by atoms with Crippen molar-refractivity contribution < 1.29 is 0 Å². The zero-order valence-corrected chi connectivity index (χ0v) is 13.6. The normalized spacial score (nSPS) is 36.0. The van der Waals surface area contributed by atoms with E-state index in [2.05, 4.69) is 49.4 Å². The Morgan fingerprint density at radius 1 is 1.05 bits per heavy atom. The molecule has 3 nitrogen and oxygen atoms in total. The summed E-state index contributed by atoms with van der Waals surface area (Å²) in [6, 6.07) is 1.57. The van der Waals surface area contributed by atoms with E-state index < -0.39 is 0 Å². The molecule has 0 saturated carbocycles. The second-order valence-corrected chi connectivity index (χ2v) is 7.32. The molecule has 0 spiro atoms. The maximum Gasteiger partial charge on any atom is 0.0149 e. The molecule has 0 amide bonds. The molecular weight excluding hydrogens is 234 g/mol. The Hall–Kier alpha value is -0.120. The average molecular weight is 267 g/mol. The molecule has 1 unspecified atom stereocenters. The third-order valence-electron chi connectivity index (χ3n) is 4.99. The van der Waals surface area contributed by atoms with Gasteiger partial charge in [0.25, 0.3) is 0 Å². The second-order valence-electron chi connectivity index (χ2n) is 7.32. The fraction of sp³-hybridized carbons (Fsp3) is 1.00. The molecule has 112 valence electrons. The molecule has 0 aromatic rings. The molecule has 2 rings (SSSR count). The van der Waals surface area contributed by atoms with Gasteiger partial charge in [0.05, 0.1) is 0 Å². The molecule has 19 heavy (non-hydrogen) atoms. The standard InChI is InChI=1S/C16H33N3/c1-13(2)11-19-12-14(3)16(10-15(19)4)18-8-6-17(5)7-9-18/h13-16H,6-12H2,1-5H3/t14-,15-,16?/m1/s1. The van der Waals surface area contributed by atoms with E-state index in [1.54, 1.807) is 0 Å². The van der Waals surface area contributed by atoms with Gasteiger partial charge in [-0.25, -0.2) is 0 Å². The Balaban J connectivity index is 1.90. The second kappa shape index (κ2) is 6.55. The third kappa shape index (κ3) is 3.93. The lowest BCUT2D eigenvalue weighted by Gasteiger charge is -2.48.